The monoisotopic (exact) mass is 145 g/mol. The molecule has 3 nitrogen and oxygen atoms in total. The van der Waals surface area contributed by atoms with Crippen LogP contribution in [0.4, 0.5) is 0 Å². The molecule has 0 rings (SSSR count). The van der Waals surface area contributed by atoms with Gasteiger partial charge in [-0.1, -0.05) is 0 Å². The number of hydrogen-bond donors (Lipinski definition) is 2. The zero-order valence-corrected chi connectivity index (χ0v) is 7.17. The molecular formula is C7H19N3. The second-order valence-electron chi connectivity index (χ2n) is 3.11. The number of nitrogens with two attached hydrogens (primary N) is 2. The third-order valence-electron chi connectivity index (χ3n) is 1.58. The number of hydrogen-bond acceptors (Lipinski definition) is 3. The molecule has 62 valence electrons. The lowest BCUT2D eigenvalue weighted by molar-refractivity contribution is 0.367. The van der Waals surface area contributed by atoms with E-state index in [0.29, 0.717) is 0 Å². The molecule has 0 fully saturated rings. The summed E-state index contributed by atoms with van der Waals surface area (Å²) in [5.41, 5.74) is 11.3. The van der Waals surface area contributed by atoms with Gasteiger partial charge in [-0.2, -0.15) is 0 Å². The fourth-order valence-corrected chi connectivity index (χ4v) is 0.670. The fraction of sp³-hybridized carbons (Fsp3) is 1.00. The van der Waals surface area contributed by atoms with Gasteiger partial charge in [0.25, 0.3) is 0 Å². The van der Waals surface area contributed by atoms with Gasteiger partial charge in [0.2, 0.25) is 0 Å². The van der Waals surface area contributed by atoms with E-state index in [-0.39, 0.29) is 12.1 Å². The lowest BCUT2D eigenvalue weighted by Gasteiger charge is -2.17. The first-order valence-corrected chi connectivity index (χ1v) is 3.70. The van der Waals surface area contributed by atoms with Crippen molar-refractivity contribution in [2.45, 2.75) is 25.4 Å². The van der Waals surface area contributed by atoms with Gasteiger partial charge in [0, 0.05) is 12.1 Å². The van der Waals surface area contributed by atoms with Gasteiger partial charge in [0.15, 0.2) is 0 Å². The first-order valence-electron chi connectivity index (χ1n) is 3.70. The SMILES string of the molecule is CC(N)C(N)CCN(C)C. The normalized spacial score (nSPS) is 17.4. The third-order valence-corrected chi connectivity index (χ3v) is 1.58. The van der Waals surface area contributed by atoms with Gasteiger partial charge >= 0.3 is 0 Å². The molecule has 0 amide bonds. The van der Waals surface area contributed by atoms with Crippen molar-refractivity contribution >= 4 is 0 Å². The van der Waals surface area contributed by atoms with Crippen molar-refractivity contribution in [3.8, 4) is 0 Å². The molecule has 4 N–H and O–H groups in total. The lowest BCUT2D eigenvalue weighted by Crippen LogP contribution is -2.40. The molecule has 0 aromatic heterocycles. The van der Waals surface area contributed by atoms with Gasteiger partial charge in [-0.3, -0.25) is 0 Å². The summed E-state index contributed by atoms with van der Waals surface area (Å²) >= 11 is 0. The maximum absolute atomic E-state index is 5.71. The zero-order valence-electron chi connectivity index (χ0n) is 7.17. The van der Waals surface area contributed by atoms with Crippen molar-refractivity contribution in [3.05, 3.63) is 0 Å². The summed E-state index contributed by atoms with van der Waals surface area (Å²) in [6.45, 7) is 2.96. The molecule has 0 aliphatic heterocycles. The minimum Gasteiger partial charge on any atom is -0.327 e. The Morgan fingerprint density at radius 2 is 1.80 bits per heavy atom. The van der Waals surface area contributed by atoms with Crippen molar-refractivity contribution in [3.63, 3.8) is 0 Å². The average Bonchev–Trinajstić information content (AvgIpc) is 1.82. The maximum Gasteiger partial charge on any atom is 0.0201 e. The van der Waals surface area contributed by atoms with Gasteiger partial charge in [-0.15, -0.1) is 0 Å². The molecule has 2 unspecified atom stereocenters. The van der Waals surface area contributed by atoms with Crippen LogP contribution in [0, 0.1) is 0 Å². The maximum atomic E-state index is 5.71. The molecule has 3 heteroatoms. The van der Waals surface area contributed by atoms with Crippen molar-refractivity contribution in [1.82, 2.24) is 4.90 Å². The Kier molecular flexibility index (Phi) is 4.60. The molecule has 0 radical (unpaired) electrons. The van der Waals surface area contributed by atoms with Crippen molar-refractivity contribution in [1.29, 1.82) is 0 Å². The van der Waals surface area contributed by atoms with E-state index >= 15 is 0 Å². The molecule has 10 heavy (non-hydrogen) atoms. The molecule has 0 aliphatic rings. The van der Waals surface area contributed by atoms with Crippen molar-refractivity contribution in [2.24, 2.45) is 11.5 Å². The van der Waals surface area contributed by atoms with E-state index < -0.39 is 0 Å². The first kappa shape index (κ1) is 9.88. The quantitative estimate of drug-likeness (QED) is 0.566. The van der Waals surface area contributed by atoms with Gasteiger partial charge < -0.3 is 16.4 Å². The van der Waals surface area contributed by atoms with Crippen LogP contribution >= 0.6 is 0 Å². The van der Waals surface area contributed by atoms with Crippen LogP contribution in [0.25, 0.3) is 0 Å². The Morgan fingerprint density at radius 1 is 1.30 bits per heavy atom. The van der Waals surface area contributed by atoms with Crippen LogP contribution in [0.1, 0.15) is 13.3 Å². The summed E-state index contributed by atoms with van der Waals surface area (Å²) in [6.07, 6.45) is 0.977. The number of nitrogens with zero attached hydrogens (tertiary/aromatic N) is 1. The Balaban J connectivity index is 3.30. The molecule has 0 aromatic carbocycles. The van der Waals surface area contributed by atoms with E-state index in [4.69, 9.17) is 11.5 Å². The zero-order chi connectivity index (χ0) is 8.15. The number of rotatable bonds is 4. The third kappa shape index (κ3) is 4.73. The molecule has 0 heterocycles. The Morgan fingerprint density at radius 3 is 2.10 bits per heavy atom. The lowest BCUT2D eigenvalue weighted by atomic mass is 10.1. The second-order valence-corrected chi connectivity index (χ2v) is 3.11. The largest absolute Gasteiger partial charge is 0.327 e. The highest BCUT2D eigenvalue weighted by molar-refractivity contribution is 4.71. The van der Waals surface area contributed by atoms with Gasteiger partial charge in [0.05, 0.1) is 0 Å². The molecule has 0 saturated carbocycles. The van der Waals surface area contributed by atoms with Crippen molar-refractivity contribution < 1.29 is 0 Å². The highest BCUT2D eigenvalue weighted by Crippen LogP contribution is 1.92. The predicted octanol–water partition coefficient (Wildman–Crippen LogP) is -0.387. The molecule has 0 aliphatic carbocycles. The molecule has 0 saturated heterocycles. The highest BCUT2D eigenvalue weighted by atomic mass is 15.0. The smallest absolute Gasteiger partial charge is 0.0201 e. The van der Waals surface area contributed by atoms with Crippen LogP contribution < -0.4 is 11.5 Å². The van der Waals surface area contributed by atoms with Gasteiger partial charge in [-0.25, -0.2) is 0 Å². The highest BCUT2D eigenvalue weighted by Gasteiger charge is 2.06. The van der Waals surface area contributed by atoms with Crippen molar-refractivity contribution in [2.75, 3.05) is 20.6 Å². The van der Waals surface area contributed by atoms with E-state index in [0.717, 1.165) is 13.0 Å². The van der Waals surface area contributed by atoms with Crippen LogP contribution in [0.3, 0.4) is 0 Å². The van der Waals surface area contributed by atoms with E-state index in [1.54, 1.807) is 0 Å². The second kappa shape index (κ2) is 4.66. The molecule has 0 spiro atoms. The standard InChI is InChI=1S/C7H19N3/c1-6(8)7(9)4-5-10(2)3/h6-7H,4-5,8-9H2,1-3H3. The van der Waals surface area contributed by atoms with Crippen LogP contribution in [-0.4, -0.2) is 37.6 Å². The summed E-state index contributed by atoms with van der Waals surface area (Å²) in [5, 5.41) is 0. The Labute approximate surface area is 63.4 Å². The topological polar surface area (TPSA) is 55.3 Å². The molecule has 0 bridgehead atoms. The summed E-state index contributed by atoms with van der Waals surface area (Å²) < 4.78 is 0. The minimum atomic E-state index is 0.111. The minimum absolute atomic E-state index is 0.111. The summed E-state index contributed by atoms with van der Waals surface area (Å²) in [7, 11) is 4.07. The Hall–Kier alpha value is -0.120. The molecule has 2 atom stereocenters. The van der Waals surface area contributed by atoms with E-state index in [9.17, 15) is 0 Å². The summed E-state index contributed by atoms with van der Waals surface area (Å²) in [5.74, 6) is 0. The average molecular weight is 145 g/mol. The van der Waals surface area contributed by atoms with E-state index in [2.05, 4.69) is 4.90 Å². The van der Waals surface area contributed by atoms with Gasteiger partial charge in [-0.05, 0) is 34.0 Å². The molecular weight excluding hydrogens is 126 g/mol. The van der Waals surface area contributed by atoms with Crippen LogP contribution in [0.15, 0.2) is 0 Å². The van der Waals surface area contributed by atoms with E-state index in [1.807, 2.05) is 21.0 Å². The van der Waals surface area contributed by atoms with Crippen LogP contribution in [0.5, 0.6) is 0 Å². The van der Waals surface area contributed by atoms with E-state index in [1.165, 1.54) is 0 Å². The summed E-state index contributed by atoms with van der Waals surface area (Å²) in [6, 6.07) is 0.252. The van der Waals surface area contributed by atoms with Crippen LogP contribution in [0.2, 0.25) is 0 Å². The fourth-order valence-electron chi connectivity index (χ4n) is 0.670. The summed E-state index contributed by atoms with van der Waals surface area (Å²) in [4.78, 5) is 2.11. The molecule has 0 aromatic rings. The van der Waals surface area contributed by atoms with Gasteiger partial charge in [0.1, 0.15) is 0 Å². The van der Waals surface area contributed by atoms with Crippen LogP contribution in [-0.2, 0) is 0 Å². The predicted molar refractivity (Wildman–Crippen MR) is 44.8 cm³/mol. The first-order chi connectivity index (χ1) is 4.54. The Bertz CT molecular complexity index is 80.9.